The molecule has 1 aliphatic rings. The maximum atomic E-state index is 12.9. The Morgan fingerprint density at radius 3 is 2.50 bits per heavy atom. The Hall–Kier alpha value is -2.85. The summed E-state index contributed by atoms with van der Waals surface area (Å²) in [6, 6.07) is 22.6. The molecule has 0 bridgehead atoms. The monoisotopic (exact) mass is 374 g/mol. The van der Waals surface area contributed by atoms with Crippen LogP contribution in [0.3, 0.4) is 0 Å². The van der Waals surface area contributed by atoms with Gasteiger partial charge in [0.25, 0.3) is 0 Å². The lowest BCUT2D eigenvalue weighted by Gasteiger charge is -2.28. The van der Waals surface area contributed by atoms with Crippen LogP contribution in [0, 0.1) is 0 Å². The maximum absolute atomic E-state index is 12.9. The molecule has 4 nitrogen and oxygen atoms in total. The van der Waals surface area contributed by atoms with Gasteiger partial charge in [-0.25, -0.2) is 0 Å². The van der Waals surface area contributed by atoms with Crippen molar-refractivity contribution in [3.05, 3.63) is 77.9 Å². The third-order valence-electron chi connectivity index (χ3n) is 5.27. The fraction of sp³-hybridized carbons (Fsp3) is 0.292. The van der Waals surface area contributed by atoms with Gasteiger partial charge in [-0.1, -0.05) is 48.5 Å². The molecule has 144 valence electrons. The second-order valence-corrected chi connectivity index (χ2v) is 7.56. The highest BCUT2D eigenvalue weighted by Crippen LogP contribution is 2.27. The number of benzene rings is 3. The summed E-state index contributed by atoms with van der Waals surface area (Å²) in [4.78, 5) is 15.1. The molecular formula is C24H26N2O2. The molecule has 1 N–H and O–H groups in total. The summed E-state index contributed by atoms with van der Waals surface area (Å²) in [7, 11) is 3.70. The Kier molecular flexibility index (Phi) is 5.31. The first-order chi connectivity index (χ1) is 13.6. The van der Waals surface area contributed by atoms with Crippen molar-refractivity contribution in [1.29, 1.82) is 0 Å². The molecule has 0 saturated heterocycles. The van der Waals surface area contributed by atoms with E-state index < -0.39 is 0 Å². The number of carbonyl (C=O) groups is 1. The summed E-state index contributed by atoms with van der Waals surface area (Å²) in [6.07, 6.45) is 2.18. The molecule has 1 saturated carbocycles. The third-order valence-corrected chi connectivity index (χ3v) is 5.27. The zero-order valence-corrected chi connectivity index (χ0v) is 16.4. The number of amides is 1. The van der Waals surface area contributed by atoms with Crippen LogP contribution in [0.1, 0.15) is 30.0 Å². The highest BCUT2D eigenvalue weighted by molar-refractivity contribution is 5.85. The summed E-state index contributed by atoms with van der Waals surface area (Å²) in [5, 5.41) is 5.49. The first-order valence-electron chi connectivity index (χ1n) is 9.76. The van der Waals surface area contributed by atoms with Crippen LogP contribution < -0.4 is 10.1 Å². The Morgan fingerprint density at radius 1 is 1.07 bits per heavy atom. The van der Waals surface area contributed by atoms with Gasteiger partial charge in [0.2, 0.25) is 5.91 Å². The van der Waals surface area contributed by atoms with Crippen LogP contribution in [0.5, 0.6) is 5.75 Å². The number of fused-ring (bicyclic) bond motifs is 1. The molecule has 1 amide bonds. The summed E-state index contributed by atoms with van der Waals surface area (Å²) in [5.41, 5.74) is 2.20. The van der Waals surface area contributed by atoms with Gasteiger partial charge in [-0.15, -0.1) is 0 Å². The molecule has 4 rings (SSSR count). The Balaban J connectivity index is 1.57. The Labute approximate surface area is 166 Å². The number of rotatable bonds is 7. The normalized spacial score (nSPS) is 14.8. The minimum atomic E-state index is -0.298. The SMILES string of the molecule is COc1ccc2cc(CN(C)[C@H](C(=O)NC3CC3)c3ccccc3)ccc2c1. The van der Waals surface area contributed by atoms with Gasteiger partial charge < -0.3 is 10.1 Å². The first kappa shape index (κ1) is 18.5. The number of carbonyl (C=O) groups excluding carboxylic acids is 1. The predicted molar refractivity (Wildman–Crippen MR) is 112 cm³/mol. The van der Waals surface area contributed by atoms with Crippen molar-refractivity contribution in [3.8, 4) is 5.75 Å². The van der Waals surface area contributed by atoms with E-state index in [0.29, 0.717) is 12.6 Å². The standard InChI is InChI=1S/C24H26N2O2/c1-26(16-17-8-9-20-15-22(28-2)13-10-19(20)14-17)23(18-6-4-3-5-7-18)24(27)25-21-11-12-21/h3-10,13-15,21,23H,11-12,16H2,1-2H3,(H,25,27)/t23-/m0/s1. The zero-order valence-electron chi connectivity index (χ0n) is 16.4. The molecule has 1 atom stereocenters. The molecule has 0 spiro atoms. The molecule has 1 fully saturated rings. The summed E-state index contributed by atoms with van der Waals surface area (Å²) in [6.45, 7) is 0.694. The summed E-state index contributed by atoms with van der Waals surface area (Å²) in [5.74, 6) is 0.944. The highest BCUT2D eigenvalue weighted by Gasteiger charge is 2.30. The number of nitrogens with zero attached hydrogens (tertiary/aromatic N) is 1. The van der Waals surface area contributed by atoms with Gasteiger partial charge in [-0.05, 0) is 60.0 Å². The number of likely N-dealkylation sites (N-methyl/N-ethyl adjacent to an activating group) is 1. The van der Waals surface area contributed by atoms with Gasteiger partial charge in [0.1, 0.15) is 11.8 Å². The second kappa shape index (κ2) is 8.03. The zero-order chi connectivity index (χ0) is 19.5. The minimum absolute atomic E-state index is 0.0849. The number of ether oxygens (including phenoxy) is 1. The minimum Gasteiger partial charge on any atom is -0.497 e. The lowest BCUT2D eigenvalue weighted by molar-refractivity contribution is -0.126. The first-order valence-corrected chi connectivity index (χ1v) is 9.76. The number of hydrogen-bond donors (Lipinski definition) is 1. The van der Waals surface area contributed by atoms with E-state index in [4.69, 9.17) is 4.74 Å². The van der Waals surface area contributed by atoms with E-state index in [2.05, 4.69) is 34.5 Å². The Bertz CT molecular complexity index is 967. The van der Waals surface area contributed by atoms with Gasteiger partial charge in [-0.2, -0.15) is 0 Å². The molecule has 0 aliphatic heterocycles. The fourth-order valence-corrected chi connectivity index (χ4v) is 3.63. The van der Waals surface area contributed by atoms with E-state index in [0.717, 1.165) is 29.5 Å². The topological polar surface area (TPSA) is 41.6 Å². The molecule has 0 heterocycles. The van der Waals surface area contributed by atoms with Crippen molar-refractivity contribution in [1.82, 2.24) is 10.2 Å². The fourth-order valence-electron chi connectivity index (χ4n) is 3.63. The van der Waals surface area contributed by atoms with E-state index in [-0.39, 0.29) is 11.9 Å². The molecule has 1 aliphatic carbocycles. The lowest BCUT2D eigenvalue weighted by Crippen LogP contribution is -2.39. The molecule has 28 heavy (non-hydrogen) atoms. The maximum Gasteiger partial charge on any atom is 0.242 e. The molecule has 0 unspecified atom stereocenters. The number of methoxy groups -OCH3 is 1. The van der Waals surface area contributed by atoms with Crippen LogP contribution in [0.2, 0.25) is 0 Å². The Morgan fingerprint density at radius 2 is 1.79 bits per heavy atom. The van der Waals surface area contributed by atoms with Crippen molar-refractivity contribution >= 4 is 16.7 Å². The van der Waals surface area contributed by atoms with E-state index >= 15 is 0 Å². The summed E-state index contributed by atoms with van der Waals surface area (Å²) < 4.78 is 5.31. The van der Waals surface area contributed by atoms with Crippen LogP contribution in [0.15, 0.2) is 66.7 Å². The van der Waals surface area contributed by atoms with Crippen molar-refractivity contribution in [2.75, 3.05) is 14.2 Å². The van der Waals surface area contributed by atoms with Gasteiger partial charge in [-0.3, -0.25) is 9.69 Å². The average Bonchev–Trinajstić information content (AvgIpc) is 3.52. The quantitative estimate of drug-likeness (QED) is 0.670. The number of hydrogen-bond acceptors (Lipinski definition) is 3. The van der Waals surface area contributed by atoms with Gasteiger partial charge >= 0.3 is 0 Å². The van der Waals surface area contributed by atoms with Crippen LogP contribution >= 0.6 is 0 Å². The smallest absolute Gasteiger partial charge is 0.242 e. The van der Waals surface area contributed by atoms with Crippen molar-refractivity contribution in [2.24, 2.45) is 0 Å². The van der Waals surface area contributed by atoms with Crippen molar-refractivity contribution < 1.29 is 9.53 Å². The highest BCUT2D eigenvalue weighted by atomic mass is 16.5. The lowest BCUT2D eigenvalue weighted by atomic mass is 10.0. The molecule has 0 aromatic heterocycles. The average molecular weight is 374 g/mol. The third kappa shape index (κ3) is 4.18. The van der Waals surface area contributed by atoms with Crippen LogP contribution in [0.4, 0.5) is 0 Å². The number of nitrogens with one attached hydrogen (secondary N) is 1. The van der Waals surface area contributed by atoms with E-state index in [9.17, 15) is 4.79 Å². The van der Waals surface area contributed by atoms with E-state index in [1.807, 2.05) is 49.5 Å². The molecule has 3 aromatic carbocycles. The molecule has 3 aromatic rings. The predicted octanol–water partition coefficient (Wildman–Crippen LogP) is 4.30. The van der Waals surface area contributed by atoms with Gasteiger partial charge in [0.05, 0.1) is 7.11 Å². The summed E-state index contributed by atoms with van der Waals surface area (Å²) >= 11 is 0. The molecule has 4 heteroatoms. The van der Waals surface area contributed by atoms with Crippen LogP contribution in [-0.2, 0) is 11.3 Å². The largest absolute Gasteiger partial charge is 0.497 e. The van der Waals surface area contributed by atoms with E-state index in [1.54, 1.807) is 7.11 Å². The van der Waals surface area contributed by atoms with Crippen LogP contribution in [0.25, 0.3) is 10.8 Å². The van der Waals surface area contributed by atoms with Gasteiger partial charge in [0.15, 0.2) is 0 Å². The van der Waals surface area contributed by atoms with Crippen molar-refractivity contribution in [2.45, 2.75) is 31.5 Å². The second-order valence-electron chi connectivity index (χ2n) is 7.56. The van der Waals surface area contributed by atoms with Crippen molar-refractivity contribution in [3.63, 3.8) is 0 Å². The van der Waals surface area contributed by atoms with E-state index in [1.165, 1.54) is 10.9 Å². The van der Waals surface area contributed by atoms with Crippen LogP contribution in [-0.4, -0.2) is 31.0 Å². The molecule has 0 radical (unpaired) electrons. The van der Waals surface area contributed by atoms with Gasteiger partial charge in [0, 0.05) is 12.6 Å². The molecular weight excluding hydrogens is 348 g/mol.